The normalized spacial score (nSPS) is 12.8. The van der Waals surface area contributed by atoms with Crippen molar-refractivity contribution in [2.75, 3.05) is 6.54 Å². The number of phenols is 1. The zero-order valence-corrected chi connectivity index (χ0v) is 9.76. The van der Waals surface area contributed by atoms with E-state index in [9.17, 15) is 5.11 Å². The number of hydrogen-bond donors (Lipinski definition) is 3. The summed E-state index contributed by atoms with van der Waals surface area (Å²) >= 11 is 0. The Morgan fingerprint density at radius 2 is 1.88 bits per heavy atom. The zero-order valence-electron chi connectivity index (χ0n) is 9.76. The van der Waals surface area contributed by atoms with Crippen LogP contribution in [0.2, 0.25) is 0 Å². The number of fused-ring (bicyclic) bond motifs is 1. The minimum atomic E-state index is -0.162. The number of aromatic hydroxyl groups is 1. The molecule has 2 rings (SSSR count). The van der Waals surface area contributed by atoms with Gasteiger partial charge in [0.05, 0.1) is 0 Å². The van der Waals surface area contributed by atoms with Gasteiger partial charge in [-0.05, 0) is 36.2 Å². The first-order chi connectivity index (χ1) is 8.24. The lowest BCUT2D eigenvalue weighted by molar-refractivity contribution is 0.459. The first-order valence-corrected chi connectivity index (χ1v) is 5.90. The average Bonchev–Trinajstić information content (AvgIpc) is 2.35. The average molecular weight is 230 g/mol. The fourth-order valence-corrected chi connectivity index (χ4v) is 2.16. The summed E-state index contributed by atoms with van der Waals surface area (Å²) in [7, 11) is 0. The molecule has 3 heteroatoms. The lowest BCUT2D eigenvalue weighted by Gasteiger charge is -2.16. The van der Waals surface area contributed by atoms with E-state index in [0.717, 1.165) is 29.2 Å². The maximum Gasteiger partial charge on any atom is 0.120 e. The van der Waals surface area contributed by atoms with Gasteiger partial charge in [-0.15, -0.1) is 0 Å². The summed E-state index contributed by atoms with van der Waals surface area (Å²) < 4.78 is 0. The molecule has 1 atom stereocenters. The molecule has 2 aromatic carbocycles. The van der Waals surface area contributed by atoms with Gasteiger partial charge in [0, 0.05) is 11.6 Å². The lowest BCUT2D eigenvalue weighted by Crippen LogP contribution is -2.13. The number of hydrogen-bond acceptors (Lipinski definition) is 3. The highest BCUT2D eigenvalue weighted by molar-refractivity contribution is 5.88. The van der Waals surface area contributed by atoms with E-state index < -0.39 is 0 Å². The van der Waals surface area contributed by atoms with Crippen molar-refractivity contribution in [3.8, 4) is 5.75 Å². The molecule has 0 aliphatic heterocycles. The number of nitrogens with two attached hydrogens (primary N) is 2. The molecule has 17 heavy (non-hydrogen) atoms. The summed E-state index contributed by atoms with van der Waals surface area (Å²) in [6.07, 6.45) is 1.65. The number of phenolic OH excluding ortho intramolecular Hbond substituents is 1. The smallest absolute Gasteiger partial charge is 0.120 e. The molecular weight excluding hydrogens is 212 g/mol. The van der Waals surface area contributed by atoms with Crippen molar-refractivity contribution in [1.29, 1.82) is 0 Å². The third-order valence-electron chi connectivity index (χ3n) is 3.04. The largest absolute Gasteiger partial charge is 0.508 e. The van der Waals surface area contributed by atoms with Gasteiger partial charge in [-0.3, -0.25) is 0 Å². The highest BCUT2D eigenvalue weighted by atomic mass is 16.3. The SMILES string of the molecule is NCCC[C@@H](N)c1c(O)ccc2ccccc12. The molecule has 0 amide bonds. The van der Waals surface area contributed by atoms with Crippen LogP contribution in [0.5, 0.6) is 5.75 Å². The fraction of sp³-hybridized carbons (Fsp3) is 0.286. The monoisotopic (exact) mass is 230 g/mol. The molecule has 0 fully saturated rings. The first kappa shape index (κ1) is 11.9. The maximum atomic E-state index is 9.97. The standard InChI is InChI=1S/C14H18N2O/c15-9-3-6-12(16)14-11-5-2-1-4-10(11)7-8-13(14)17/h1-2,4-5,7-8,12,17H,3,6,9,15-16H2/t12-/m1/s1. The molecule has 0 bridgehead atoms. The molecule has 3 nitrogen and oxygen atoms in total. The van der Waals surface area contributed by atoms with Crippen molar-refractivity contribution in [3.05, 3.63) is 42.0 Å². The van der Waals surface area contributed by atoms with Crippen LogP contribution in [0.25, 0.3) is 10.8 Å². The minimum absolute atomic E-state index is 0.162. The second-order valence-electron chi connectivity index (χ2n) is 4.26. The van der Waals surface area contributed by atoms with E-state index in [-0.39, 0.29) is 11.8 Å². The van der Waals surface area contributed by atoms with E-state index in [0.29, 0.717) is 6.54 Å². The van der Waals surface area contributed by atoms with Crippen molar-refractivity contribution in [3.63, 3.8) is 0 Å². The summed E-state index contributed by atoms with van der Waals surface area (Å²) in [5.41, 5.74) is 12.5. The molecule has 0 aliphatic carbocycles. The Morgan fingerprint density at radius 3 is 2.65 bits per heavy atom. The summed E-state index contributed by atoms with van der Waals surface area (Å²) in [4.78, 5) is 0. The van der Waals surface area contributed by atoms with Crippen LogP contribution in [0.15, 0.2) is 36.4 Å². The van der Waals surface area contributed by atoms with Gasteiger partial charge in [-0.25, -0.2) is 0 Å². The van der Waals surface area contributed by atoms with Crippen molar-refractivity contribution in [2.45, 2.75) is 18.9 Å². The van der Waals surface area contributed by atoms with E-state index in [1.54, 1.807) is 6.07 Å². The van der Waals surface area contributed by atoms with Crippen molar-refractivity contribution in [2.24, 2.45) is 11.5 Å². The van der Waals surface area contributed by atoms with E-state index in [1.165, 1.54) is 0 Å². The summed E-state index contributed by atoms with van der Waals surface area (Å²) in [6.45, 7) is 0.624. The van der Waals surface area contributed by atoms with Crippen LogP contribution in [-0.2, 0) is 0 Å². The van der Waals surface area contributed by atoms with E-state index in [2.05, 4.69) is 0 Å². The minimum Gasteiger partial charge on any atom is -0.508 e. The van der Waals surface area contributed by atoms with Gasteiger partial charge in [0.15, 0.2) is 0 Å². The van der Waals surface area contributed by atoms with Crippen molar-refractivity contribution < 1.29 is 5.11 Å². The Hall–Kier alpha value is -1.58. The Bertz CT molecular complexity index is 511. The third-order valence-corrected chi connectivity index (χ3v) is 3.04. The van der Waals surface area contributed by atoms with Crippen molar-refractivity contribution >= 4 is 10.8 Å². The highest BCUT2D eigenvalue weighted by Gasteiger charge is 2.13. The number of benzene rings is 2. The quantitative estimate of drug-likeness (QED) is 0.754. The molecule has 0 spiro atoms. The molecule has 0 unspecified atom stereocenters. The fourth-order valence-electron chi connectivity index (χ4n) is 2.16. The Kier molecular flexibility index (Phi) is 3.61. The first-order valence-electron chi connectivity index (χ1n) is 5.90. The molecule has 0 heterocycles. The van der Waals surface area contributed by atoms with Gasteiger partial charge in [0.2, 0.25) is 0 Å². The maximum absolute atomic E-state index is 9.97. The third kappa shape index (κ3) is 2.40. The topological polar surface area (TPSA) is 72.3 Å². The summed E-state index contributed by atoms with van der Waals surface area (Å²) in [6, 6.07) is 11.4. The van der Waals surface area contributed by atoms with Crippen LogP contribution in [-0.4, -0.2) is 11.7 Å². The van der Waals surface area contributed by atoms with Gasteiger partial charge in [-0.2, -0.15) is 0 Å². The van der Waals surface area contributed by atoms with Gasteiger partial charge >= 0.3 is 0 Å². The molecule has 0 aromatic heterocycles. The second-order valence-corrected chi connectivity index (χ2v) is 4.26. The van der Waals surface area contributed by atoms with Gasteiger partial charge < -0.3 is 16.6 Å². The van der Waals surface area contributed by atoms with Crippen LogP contribution >= 0.6 is 0 Å². The Labute approximate surface area is 101 Å². The Morgan fingerprint density at radius 1 is 1.12 bits per heavy atom. The summed E-state index contributed by atoms with van der Waals surface area (Å²) in [5, 5.41) is 12.1. The predicted octanol–water partition coefficient (Wildman–Crippen LogP) is 2.28. The molecular formula is C14H18N2O. The van der Waals surface area contributed by atoms with E-state index in [4.69, 9.17) is 11.5 Å². The zero-order chi connectivity index (χ0) is 12.3. The highest BCUT2D eigenvalue weighted by Crippen LogP contribution is 2.32. The molecule has 0 saturated carbocycles. The molecule has 5 N–H and O–H groups in total. The van der Waals surface area contributed by atoms with E-state index >= 15 is 0 Å². The van der Waals surface area contributed by atoms with Gasteiger partial charge in [0.1, 0.15) is 5.75 Å². The molecule has 0 radical (unpaired) electrons. The van der Waals surface area contributed by atoms with Crippen LogP contribution in [0.3, 0.4) is 0 Å². The molecule has 90 valence electrons. The van der Waals surface area contributed by atoms with Crippen LogP contribution in [0.4, 0.5) is 0 Å². The molecule has 0 saturated heterocycles. The Balaban J connectivity index is 2.47. The molecule has 2 aromatic rings. The number of rotatable bonds is 4. The summed E-state index contributed by atoms with van der Waals surface area (Å²) in [5.74, 6) is 0.272. The van der Waals surface area contributed by atoms with Crippen LogP contribution < -0.4 is 11.5 Å². The van der Waals surface area contributed by atoms with Gasteiger partial charge in [-0.1, -0.05) is 30.3 Å². The van der Waals surface area contributed by atoms with E-state index in [1.807, 2.05) is 30.3 Å². The van der Waals surface area contributed by atoms with Crippen molar-refractivity contribution in [1.82, 2.24) is 0 Å². The second kappa shape index (κ2) is 5.17. The molecule has 0 aliphatic rings. The predicted molar refractivity (Wildman–Crippen MR) is 70.8 cm³/mol. The van der Waals surface area contributed by atoms with Crippen LogP contribution in [0.1, 0.15) is 24.4 Å². The van der Waals surface area contributed by atoms with Crippen LogP contribution in [0, 0.1) is 0 Å². The lowest BCUT2D eigenvalue weighted by atomic mass is 9.95. The van der Waals surface area contributed by atoms with Gasteiger partial charge in [0.25, 0.3) is 0 Å².